The van der Waals surface area contributed by atoms with Crippen LogP contribution < -0.4 is 0 Å². The number of carbonyl (C=O) groups is 4. The number of hydrogen-bond donors (Lipinski definition) is 0. The zero-order chi connectivity index (χ0) is 47.7. The highest BCUT2D eigenvalue weighted by molar-refractivity contribution is 7.90. The molecule has 348 valence electrons. The minimum absolute atomic E-state index is 0.0720. The van der Waals surface area contributed by atoms with Gasteiger partial charge in [0.15, 0.2) is 11.6 Å². The van der Waals surface area contributed by atoms with Crippen LogP contribution in [0, 0.1) is 49.4 Å². The topological polar surface area (TPSA) is 143 Å². The van der Waals surface area contributed by atoms with Crippen LogP contribution in [-0.2, 0) is 29.6 Å². The second-order valence-electron chi connectivity index (χ2n) is 18.6. The summed E-state index contributed by atoms with van der Waals surface area (Å²) in [7, 11) is -7.88. The normalized spacial score (nSPS) is 22.4. The minimum atomic E-state index is -3.94. The van der Waals surface area contributed by atoms with Gasteiger partial charge in [-0.1, -0.05) is 157 Å². The van der Waals surface area contributed by atoms with E-state index in [0.717, 1.165) is 67.7 Å². The number of fused-ring (bicyclic) bond motifs is 2. The van der Waals surface area contributed by atoms with Gasteiger partial charge in [0.05, 0.1) is 21.6 Å². The van der Waals surface area contributed by atoms with Crippen molar-refractivity contribution in [3.63, 3.8) is 0 Å². The highest BCUT2D eigenvalue weighted by Crippen LogP contribution is 2.46. The van der Waals surface area contributed by atoms with E-state index in [-0.39, 0.29) is 46.3 Å². The standard InChI is InChI=1S/2C28H27NO4S/c2*1-19-10-16-24(17-11-19)34(32,33)29-18-23-8-5-9-25(26(23)28(29)31)27(30)22-14-12-21(13-15-22)20-6-3-2-4-7-20/h2*2-4,6-7,10-17,23,25-26H,5,8-9,18H2,1H3/t2*23-,25-,26+/m10/s1. The molecule has 6 aromatic rings. The van der Waals surface area contributed by atoms with Gasteiger partial charge in [-0.15, -0.1) is 0 Å². The Labute approximate surface area is 399 Å². The average molecular weight is 947 g/mol. The summed E-state index contributed by atoms with van der Waals surface area (Å²) in [6.07, 6.45) is 4.34. The summed E-state index contributed by atoms with van der Waals surface area (Å²) >= 11 is 0. The van der Waals surface area contributed by atoms with E-state index in [0.29, 0.717) is 24.0 Å². The molecule has 10 nitrogen and oxygen atoms in total. The zero-order valence-electron chi connectivity index (χ0n) is 38.1. The van der Waals surface area contributed by atoms with Gasteiger partial charge in [0.25, 0.3) is 20.0 Å². The number of hydrogen-bond acceptors (Lipinski definition) is 8. The average Bonchev–Trinajstić information content (AvgIpc) is 3.91. The zero-order valence-corrected chi connectivity index (χ0v) is 39.7. The lowest BCUT2D eigenvalue weighted by molar-refractivity contribution is -0.129. The maximum atomic E-state index is 13.5. The highest BCUT2D eigenvalue weighted by atomic mass is 32.2. The molecule has 10 rings (SSSR count). The van der Waals surface area contributed by atoms with Gasteiger partial charge in [-0.05, 0) is 97.9 Å². The van der Waals surface area contributed by atoms with E-state index in [1.165, 1.54) is 24.3 Å². The lowest BCUT2D eigenvalue weighted by atomic mass is 9.71. The minimum Gasteiger partial charge on any atom is -0.294 e. The molecule has 2 heterocycles. The van der Waals surface area contributed by atoms with Crippen molar-refractivity contribution in [2.75, 3.05) is 13.1 Å². The summed E-state index contributed by atoms with van der Waals surface area (Å²) in [5.74, 6) is -3.44. The van der Waals surface area contributed by atoms with Crippen LogP contribution in [0.2, 0.25) is 0 Å². The van der Waals surface area contributed by atoms with Crippen LogP contribution in [-0.4, -0.2) is 61.9 Å². The number of ketones is 2. The van der Waals surface area contributed by atoms with E-state index in [4.69, 9.17) is 0 Å². The van der Waals surface area contributed by atoms with Crippen molar-refractivity contribution in [1.82, 2.24) is 8.61 Å². The fourth-order valence-electron chi connectivity index (χ4n) is 10.7. The first-order valence-corrected chi connectivity index (χ1v) is 26.3. The van der Waals surface area contributed by atoms with Crippen LogP contribution in [0.4, 0.5) is 0 Å². The molecule has 68 heavy (non-hydrogen) atoms. The Morgan fingerprint density at radius 1 is 0.426 bits per heavy atom. The van der Waals surface area contributed by atoms with Gasteiger partial charge in [0.2, 0.25) is 11.8 Å². The number of amides is 2. The van der Waals surface area contributed by atoms with E-state index in [2.05, 4.69) is 0 Å². The number of Topliss-reactive ketones (excluding diaryl/α,β-unsaturated/α-hetero) is 2. The van der Waals surface area contributed by atoms with E-state index in [1.54, 1.807) is 24.3 Å². The number of benzene rings is 6. The first-order chi connectivity index (χ1) is 32.7. The predicted molar refractivity (Wildman–Crippen MR) is 261 cm³/mol. The van der Waals surface area contributed by atoms with Crippen LogP contribution in [0.25, 0.3) is 22.3 Å². The quantitative estimate of drug-likeness (QED) is 0.124. The van der Waals surface area contributed by atoms with Gasteiger partial charge in [-0.3, -0.25) is 19.2 Å². The molecular weight excluding hydrogens is 893 g/mol. The van der Waals surface area contributed by atoms with Gasteiger partial charge < -0.3 is 0 Å². The fraction of sp³-hybridized carbons (Fsp3) is 0.286. The molecule has 2 amide bonds. The molecule has 0 radical (unpaired) electrons. The summed E-state index contributed by atoms with van der Waals surface area (Å²) in [6, 6.07) is 47.9. The molecule has 6 atom stereocenters. The molecule has 6 aromatic carbocycles. The Bertz CT molecular complexity index is 2840. The Hall–Kier alpha value is -6.50. The lowest BCUT2D eigenvalue weighted by Crippen LogP contribution is -2.38. The van der Waals surface area contributed by atoms with Gasteiger partial charge >= 0.3 is 0 Å². The number of sulfonamides is 2. The van der Waals surface area contributed by atoms with Crippen LogP contribution in [0.15, 0.2) is 168 Å². The maximum Gasteiger partial charge on any atom is 0.266 e. The third-order valence-corrected chi connectivity index (χ3v) is 17.9. The number of nitrogens with zero attached hydrogens (tertiary/aromatic N) is 2. The van der Waals surface area contributed by atoms with Crippen molar-refractivity contribution in [1.29, 1.82) is 0 Å². The molecule has 0 aromatic heterocycles. The maximum absolute atomic E-state index is 13.5. The van der Waals surface area contributed by atoms with Crippen LogP contribution in [0.5, 0.6) is 0 Å². The van der Waals surface area contributed by atoms with Crippen LogP contribution in [0.3, 0.4) is 0 Å². The molecule has 4 aliphatic rings. The first-order valence-electron chi connectivity index (χ1n) is 23.4. The molecule has 4 fully saturated rings. The van der Waals surface area contributed by atoms with E-state index >= 15 is 0 Å². The Morgan fingerprint density at radius 2 is 0.750 bits per heavy atom. The second-order valence-corrected chi connectivity index (χ2v) is 22.4. The largest absolute Gasteiger partial charge is 0.294 e. The third kappa shape index (κ3) is 9.11. The smallest absolute Gasteiger partial charge is 0.266 e. The van der Waals surface area contributed by atoms with Gasteiger partial charge in [0.1, 0.15) is 0 Å². The molecule has 0 bridgehead atoms. The summed E-state index contributed by atoms with van der Waals surface area (Å²) in [5, 5.41) is 0. The van der Waals surface area contributed by atoms with E-state index in [1.807, 2.05) is 123 Å². The van der Waals surface area contributed by atoms with Gasteiger partial charge in [-0.25, -0.2) is 25.4 Å². The van der Waals surface area contributed by atoms with Crippen molar-refractivity contribution in [2.24, 2.45) is 35.5 Å². The molecule has 0 spiro atoms. The predicted octanol–water partition coefficient (Wildman–Crippen LogP) is 10.2. The number of aryl methyl sites for hydroxylation is 2. The summed E-state index contributed by atoms with van der Waals surface area (Å²) in [4.78, 5) is 54.0. The molecule has 2 saturated heterocycles. The number of rotatable bonds is 10. The SMILES string of the molecule is Cc1ccc(S(=O)(=O)N2C[C@@H]3CCC[C@H](C(=O)c4ccc(-c5ccccc5)cc4)[C@@H]3C2=O)cc1.Cc1ccc(S(=O)(=O)N2C[C@H]3CCC[C@@H](C(=O)c4ccc(-c5ccccc5)cc4)[C@H]3C2=O)cc1. The van der Waals surface area contributed by atoms with Crippen LogP contribution in [0.1, 0.15) is 70.4 Å². The van der Waals surface area contributed by atoms with E-state index in [9.17, 15) is 36.0 Å². The van der Waals surface area contributed by atoms with E-state index < -0.39 is 55.5 Å². The molecule has 2 saturated carbocycles. The Kier molecular flexibility index (Phi) is 13.2. The first kappa shape index (κ1) is 46.6. The van der Waals surface area contributed by atoms with Gasteiger partial charge in [-0.2, -0.15) is 0 Å². The molecule has 12 heteroatoms. The lowest BCUT2D eigenvalue weighted by Gasteiger charge is -2.30. The molecule has 2 aliphatic heterocycles. The van der Waals surface area contributed by atoms with Crippen LogP contribution >= 0.6 is 0 Å². The summed E-state index contributed by atoms with van der Waals surface area (Å²) in [6.45, 7) is 4.07. The third-order valence-electron chi connectivity index (χ3n) is 14.4. The fourth-order valence-corrected chi connectivity index (χ4v) is 13.7. The summed E-state index contributed by atoms with van der Waals surface area (Å²) in [5.41, 5.74) is 7.21. The Morgan fingerprint density at radius 3 is 1.09 bits per heavy atom. The Balaban J connectivity index is 0.000000170. The molecular formula is C56H54N2O8S2. The highest BCUT2D eigenvalue weighted by Gasteiger charge is 2.53. The second kappa shape index (κ2) is 19.2. The molecule has 0 unspecified atom stereocenters. The summed E-state index contributed by atoms with van der Waals surface area (Å²) < 4.78 is 55.0. The van der Waals surface area contributed by atoms with Crippen molar-refractivity contribution in [3.05, 3.63) is 180 Å². The van der Waals surface area contributed by atoms with Gasteiger partial charge in [0, 0.05) is 36.1 Å². The molecule has 2 aliphatic carbocycles. The molecule has 0 N–H and O–H groups in total. The monoisotopic (exact) mass is 946 g/mol. The van der Waals surface area contributed by atoms with Crippen molar-refractivity contribution in [2.45, 2.75) is 62.2 Å². The van der Waals surface area contributed by atoms with Crippen molar-refractivity contribution in [3.8, 4) is 22.3 Å². The van der Waals surface area contributed by atoms with Crippen molar-refractivity contribution >= 4 is 43.4 Å². The van der Waals surface area contributed by atoms with Crippen molar-refractivity contribution < 1.29 is 36.0 Å². The number of carbonyl (C=O) groups excluding carboxylic acids is 4.